The quantitative estimate of drug-likeness (QED) is 0.212. The fourth-order valence-electron chi connectivity index (χ4n) is 66.3. The van der Waals surface area contributed by atoms with Gasteiger partial charge in [0, 0.05) is 11.3 Å². The summed E-state index contributed by atoms with van der Waals surface area (Å²) in [5.74, 6) is 39.0. The van der Waals surface area contributed by atoms with Crippen molar-refractivity contribution in [2.24, 2.45) is 312 Å². The van der Waals surface area contributed by atoms with Gasteiger partial charge in [0.2, 0.25) is 0 Å². The van der Waals surface area contributed by atoms with Crippen LogP contribution in [0.25, 0.3) is 0 Å². The van der Waals surface area contributed by atoms with Gasteiger partial charge in [-0.05, 0) is 338 Å². The predicted octanol–water partition coefficient (Wildman–Crippen LogP) is 21.3. The van der Waals surface area contributed by atoms with Gasteiger partial charge in [-0.15, -0.1) is 0 Å². The Morgan fingerprint density at radius 2 is 0.304 bits per heavy atom. The fraction of sp³-hybridized carbons (Fsp3) is 1.00. The van der Waals surface area contributed by atoms with Gasteiger partial charge in [0.1, 0.15) is 0 Å². The maximum Gasteiger partial charge on any atom is 0 e. The lowest BCUT2D eigenvalue weighted by Crippen LogP contribution is -3.66. The third-order valence-corrected chi connectivity index (χ3v) is 54.6. The lowest BCUT2D eigenvalue weighted by Gasteiger charge is -3.67. The molecule has 45 fully saturated rings. The standard InChI is InChI=1S/C62H42.3C4H8.16CH4.B.FH.2H2/c1-2-4-8-12-20-13-9(5-3-1)15-23-27-31-35-33-29-25-19-11-7-6-10-16-21-17(11)39(19)41(21)38(16)18(10)24-28-32-34-30-26-22-14(8)36(12)40(20)37(13,15)43(23)47(27)51(31)55(35)53(33)49(29)45(25,39)57(41)44(24,38)48(28)52(32)54(34)50(30)46(26)42(22,36)56(40,43)58(46,47)60(50,51)62(54,55)61(52,53)59(48,49)57;3*1-2-4-3-1;;;;;;;;;;;;;;;;;;;;/h8-35H,1-7H2;3*1-4H2;16*1H4;;3*1H/i;;;;;;;;;;;;;;;;;;;;;;1+1;. The Balaban J connectivity index is 0.000000168. The summed E-state index contributed by atoms with van der Waals surface area (Å²) in [5.41, 5.74) is 30.3. The van der Waals surface area contributed by atoms with Crippen molar-refractivity contribution in [3.8, 4) is 0 Å². The molecule has 0 amide bonds. The van der Waals surface area contributed by atoms with Crippen molar-refractivity contribution in [3.05, 3.63) is 0 Å². The Morgan fingerprint density at radius 3 is 0.500 bits per heavy atom. The molecule has 0 aromatic rings. The highest BCUT2D eigenvalue weighted by molar-refractivity contribution is 6.14. The molecule has 505 valence electrons. The normalized spacial score (nSPS) is 94.2. The second kappa shape index (κ2) is 10.5. The van der Waals surface area contributed by atoms with E-state index in [2.05, 4.69) is 0 Å². The lowest BCUT2D eigenvalue weighted by atomic mass is 8.35. The van der Waals surface area contributed by atoms with Crippen LogP contribution in [-0.2, 0) is 0 Å². The minimum Gasteiger partial charge on any atom is -0.269 e. The largest absolute Gasteiger partial charge is 0.269 e. The van der Waals surface area contributed by atoms with E-state index in [4.69, 9.17) is 0 Å². The molecule has 0 aromatic heterocycles. The van der Waals surface area contributed by atoms with E-state index in [1.54, 1.807) is 32.1 Å². The number of halogens is 1. The smallest absolute Gasteiger partial charge is 0 e. The van der Waals surface area contributed by atoms with Crippen molar-refractivity contribution in [1.82, 2.24) is 0 Å². The molecular formula is C90H135BF. The summed E-state index contributed by atoms with van der Waals surface area (Å²) >= 11 is 0. The van der Waals surface area contributed by atoms with Crippen molar-refractivity contribution in [1.29, 1.82) is 0 Å². The molecule has 45 aliphatic carbocycles. The van der Waals surface area contributed by atoms with E-state index >= 15 is 0 Å². The van der Waals surface area contributed by atoms with Crippen molar-refractivity contribution < 1.29 is 7.56 Å². The maximum atomic E-state index is 1.81. The minimum absolute atomic E-state index is 0. The molecule has 2 heteroatoms. The molecular weight excluding hydrogens is 1110 g/mol. The van der Waals surface area contributed by atoms with Crippen molar-refractivity contribution >= 4 is 8.41 Å². The first kappa shape index (κ1) is 57.6. The average Bonchev–Trinajstić information content (AvgIpc) is 0.431. The van der Waals surface area contributed by atoms with E-state index in [-0.39, 0.29) is 135 Å². The first-order valence-corrected chi connectivity index (χ1v) is 36.9. The summed E-state index contributed by atoms with van der Waals surface area (Å²) in [5, 5.41) is 0. The summed E-state index contributed by atoms with van der Waals surface area (Å²) in [6.45, 7) is 0. The number of hydrogen-bond donors (Lipinski definition) is 0. The molecule has 45 aliphatic rings. The molecule has 0 bridgehead atoms. The molecule has 0 heterocycles. The molecule has 0 N–H and O–H groups in total. The Bertz CT molecular complexity index is 4020. The van der Waals surface area contributed by atoms with E-state index in [0.29, 0.717) is 0 Å². The van der Waals surface area contributed by atoms with Gasteiger partial charge in [0.25, 0.3) is 0 Å². The van der Waals surface area contributed by atoms with Gasteiger partial charge in [-0.3, -0.25) is 4.70 Å². The van der Waals surface area contributed by atoms with Gasteiger partial charge in [-0.1, -0.05) is 215 Å². The molecule has 44 atom stereocenters. The van der Waals surface area contributed by atoms with Crippen LogP contribution in [0.2, 0.25) is 0 Å². The fourth-order valence-corrected chi connectivity index (χ4v) is 66.3. The summed E-state index contributed by atoms with van der Waals surface area (Å²) < 4.78 is 0. The highest BCUT2D eigenvalue weighted by Gasteiger charge is 3.70. The topological polar surface area (TPSA) is 0 Å². The van der Waals surface area contributed by atoms with Crippen LogP contribution in [0.3, 0.4) is 0 Å². The first-order valence-electron chi connectivity index (χ1n) is 36.9. The van der Waals surface area contributed by atoms with Crippen LogP contribution in [0.5, 0.6) is 0 Å². The Hall–Kier alpha value is -0.00506. The van der Waals surface area contributed by atoms with Crippen LogP contribution in [0.4, 0.5) is 4.70 Å². The lowest BCUT2D eigenvalue weighted by molar-refractivity contribution is -1.23. The van der Waals surface area contributed by atoms with Crippen LogP contribution in [-0.4, -0.2) is 8.41 Å². The van der Waals surface area contributed by atoms with Gasteiger partial charge < -0.3 is 0 Å². The zero-order valence-electron chi connectivity index (χ0n) is 44.1. The SMILES string of the molecule is C.C.C.C.C.C.C.C.C.C.C.C.C.C.C.C.C1CCC1.C1CCC1.C1CCC1.C1CCC2C3C4C5C(CC1)C1C6C7C8C9C%10C%11C%12C%13C%14CCC%15C%16C%17C%14C%13%14C%17%13C%16%17C%15C%15C%16C%18C%19C%20C%21C%22C2C32C43C51C61C74C85C96C%107C%118C%12%14C%139C%15%17C%16%10C%18%11C%19%12C%20%13C%21%14C%222C31C%144C%135C%126C%117C%1089.F.[2HH].[B].[HH]. The van der Waals surface area contributed by atoms with Crippen molar-refractivity contribution in [2.75, 3.05) is 0 Å². The number of hydrogen-bond acceptors (Lipinski definition) is 0. The summed E-state index contributed by atoms with van der Waals surface area (Å²) in [4.78, 5) is 0. The molecule has 45 rings (SSSR count). The third kappa shape index (κ3) is 1.64. The maximum absolute atomic E-state index is 1.81. The van der Waals surface area contributed by atoms with Crippen LogP contribution in [0, 0.1) is 312 Å². The highest BCUT2D eigenvalue weighted by Crippen LogP contribution is 3.71. The third-order valence-electron chi connectivity index (χ3n) is 54.6. The van der Waals surface area contributed by atoms with Gasteiger partial charge in [-0.25, -0.2) is 0 Å². The average molecular weight is 1250 g/mol. The predicted molar refractivity (Wildman–Crippen MR) is 371 cm³/mol. The molecule has 92 heavy (non-hydrogen) atoms. The van der Waals surface area contributed by atoms with Crippen LogP contribution < -0.4 is 0 Å². The van der Waals surface area contributed by atoms with E-state index in [0.717, 1.165) is 146 Å². The van der Waals surface area contributed by atoms with E-state index in [1.807, 2.05) is 12.8 Å². The first-order chi connectivity index (χ1) is 36.9. The monoisotopic (exact) mass is 1250 g/mol. The zero-order valence-corrected chi connectivity index (χ0v) is 44.1. The van der Waals surface area contributed by atoms with Crippen molar-refractivity contribution in [3.63, 3.8) is 0 Å². The molecule has 44 unspecified atom stereocenters. The van der Waals surface area contributed by atoms with Gasteiger partial charge in [-0.2, -0.15) is 0 Å². The highest BCUT2D eigenvalue weighted by atomic mass is 19.0. The minimum atomic E-state index is 0. The van der Waals surface area contributed by atoms with E-state index in [1.165, 1.54) is 243 Å². The molecule has 27 spiro atoms. The van der Waals surface area contributed by atoms with Crippen molar-refractivity contribution in [2.45, 2.75) is 241 Å². The second-order valence-electron chi connectivity index (χ2n) is 43.4. The van der Waals surface area contributed by atoms with Gasteiger partial charge in [0.05, 0.1) is 0 Å². The summed E-state index contributed by atoms with van der Waals surface area (Å²) in [6, 6.07) is 0. The van der Waals surface area contributed by atoms with Crippen LogP contribution in [0.15, 0.2) is 0 Å². The van der Waals surface area contributed by atoms with Crippen LogP contribution >= 0.6 is 0 Å². The Kier molecular flexibility index (Phi) is 6.57. The summed E-state index contributed by atoms with van der Waals surface area (Å²) in [6.07, 6.45) is 30.2. The summed E-state index contributed by atoms with van der Waals surface area (Å²) in [7, 11) is 0. The van der Waals surface area contributed by atoms with Crippen LogP contribution in [0.1, 0.15) is 244 Å². The Labute approximate surface area is 565 Å². The molecule has 3 radical (unpaired) electrons. The molecule has 0 aliphatic heterocycles. The molecule has 45 saturated carbocycles. The van der Waals surface area contributed by atoms with Gasteiger partial charge >= 0.3 is 0 Å². The molecule has 0 saturated heterocycles. The second-order valence-corrected chi connectivity index (χ2v) is 43.4. The number of rotatable bonds is 0. The van der Waals surface area contributed by atoms with E-state index < -0.39 is 0 Å². The number of fused-ring (bicyclic) bond motifs is 20. The molecule has 0 nitrogen and oxygen atoms in total. The zero-order chi connectivity index (χ0) is 43.1. The van der Waals surface area contributed by atoms with E-state index in [9.17, 15) is 0 Å². The molecule has 0 aromatic carbocycles. The van der Waals surface area contributed by atoms with Gasteiger partial charge in [0.15, 0.2) is 0 Å². The Morgan fingerprint density at radius 1 is 0.163 bits per heavy atom.